The number of halogens is 1. The van der Waals surface area contributed by atoms with Crippen molar-refractivity contribution in [1.82, 2.24) is 9.88 Å². The Labute approximate surface area is 115 Å². The second-order valence-electron chi connectivity index (χ2n) is 4.70. The SMILES string of the molecule is CC(C)NC(=O)c1cccn(-c2ccc(F)cc2)c1=O. The standard InChI is InChI=1S/C15H15FN2O2/c1-10(2)17-14(19)13-4-3-9-18(15(13)20)12-7-5-11(16)6-8-12/h3-10H,1-2H3,(H,17,19). The predicted octanol–water partition coefficient (Wildman–Crippen LogP) is 2.11. The molecular formula is C15H15FN2O2. The van der Waals surface area contributed by atoms with Crippen molar-refractivity contribution in [2.24, 2.45) is 0 Å². The molecule has 0 aliphatic carbocycles. The molecule has 0 saturated carbocycles. The van der Waals surface area contributed by atoms with Gasteiger partial charge in [-0.25, -0.2) is 4.39 Å². The summed E-state index contributed by atoms with van der Waals surface area (Å²) < 4.78 is 14.2. The number of hydrogen-bond acceptors (Lipinski definition) is 2. The molecule has 0 aliphatic rings. The van der Waals surface area contributed by atoms with Gasteiger partial charge < -0.3 is 5.32 Å². The summed E-state index contributed by atoms with van der Waals surface area (Å²) in [6.45, 7) is 3.64. The van der Waals surface area contributed by atoms with Gasteiger partial charge in [0.25, 0.3) is 11.5 Å². The van der Waals surface area contributed by atoms with Crippen molar-refractivity contribution in [3.63, 3.8) is 0 Å². The Morgan fingerprint density at radius 2 is 1.85 bits per heavy atom. The third kappa shape index (κ3) is 2.93. The fourth-order valence-electron chi connectivity index (χ4n) is 1.81. The van der Waals surface area contributed by atoms with E-state index in [0.29, 0.717) is 5.69 Å². The van der Waals surface area contributed by atoms with Gasteiger partial charge in [0.2, 0.25) is 0 Å². The minimum Gasteiger partial charge on any atom is -0.350 e. The fourth-order valence-corrected chi connectivity index (χ4v) is 1.81. The Hall–Kier alpha value is -2.43. The van der Waals surface area contributed by atoms with Crippen molar-refractivity contribution in [2.45, 2.75) is 19.9 Å². The van der Waals surface area contributed by atoms with Gasteiger partial charge in [0.1, 0.15) is 11.4 Å². The van der Waals surface area contributed by atoms with E-state index in [-0.39, 0.29) is 17.4 Å². The number of pyridine rings is 1. The number of nitrogens with zero attached hydrogens (tertiary/aromatic N) is 1. The maximum atomic E-state index is 12.9. The van der Waals surface area contributed by atoms with Crippen molar-refractivity contribution >= 4 is 5.91 Å². The lowest BCUT2D eigenvalue weighted by molar-refractivity contribution is 0.0941. The Kier molecular flexibility index (Phi) is 3.98. The quantitative estimate of drug-likeness (QED) is 0.932. The van der Waals surface area contributed by atoms with Gasteiger partial charge in [0.05, 0.1) is 0 Å². The molecule has 0 bridgehead atoms. The van der Waals surface area contributed by atoms with Gasteiger partial charge in [0, 0.05) is 17.9 Å². The first-order valence-corrected chi connectivity index (χ1v) is 6.27. The Morgan fingerprint density at radius 3 is 2.45 bits per heavy atom. The number of amides is 1. The van der Waals surface area contributed by atoms with E-state index in [9.17, 15) is 14.0 Å². The van der Waals surface area contributed by atoms with Gasteiger partial charge in [-0.05, 0) is 50.2 Å². The summed E-state index contributed by atoms with van der Waals surface area (Å²) in [7, 11) is 0. The van der Waals surface area contributed by atoms with E-state index in [0.717, 1.165) is 0 Å². The summed E-state index contributed by atoms with van der Waals surface area (Å²) in [5, 5.41) is 2.68. The first kappa shape index (κ1) is 14.0. The largest absolute Gasteiger partial charge is 0.350 e. The molecule has 0 saturated heterocycles. The number of carbonyl (C=O) groups excluding carboxylic acids is 1. The summed E-state index contributed by atoms with van der Waals surface area (Å²) in [5.41, 5.74) is 0.137. The van der Waals surface area contributed by atoms with Crippen molar-refractivity contribution in [1.29, 1.82) is 0 Å². The first-order chi connectivity index (χ1) is 9.49. The van der Waals surface area contributed by atoms with E-state index in [4.69, 9.17) is 0 Å². The number of benzene rings is 1. The smallest absolute Gasteiger partial charge is 0.267 e. The molecule has 0 fully saturated rings. The molecule has 0 aliphatic heterocycles. The maximum Gasteiger partial charge on any atom is 0.267 e. The van der Waals surface area contributed by atoms with Crippen LogP contribution in [0.25, 0.3) is 5.69 Å². The molecule has 0 unspecified atom stereocenters. The summed E-state index contributed by atoms with van der Waals surface area (Å²) in [6, 6.07) is 8.54. The van der Waals surface area contributed by atoms with Gasteiger partial charge in [-0.1, -0.05) is 0 Å². The minimum atomic E-state index is -0.433. The third-order valence-corrected chi connectivity index (χ3v) is 2.72. The van der Waals surface area contributed by atoms with Crippen LogP contribution in [-0.4, -0.2) is 16.5 Å². The molecule has 2 aromatic rings. The first-order valence-electron chi connectivity index (χ1n) is 6.27. The molecule has 5 heteroatoms. The molecule has 104 valence electrons. The molecular weight excluding hydrogens is 259 g/mol. The van der Waals surface area contributed by atoms with Crippen molar-refractivity contribution in [3.8, 4) is 5.69 Å². The number of aromatic nitrogens is 1. The average Bonchev–Trinajstić information content (AvgIpc) is 2.39. The third-order valence-electron chi connectivity index (χ3n) is 2.72. The number of carbonyl (C=O) groups is 1. The monoisotopic (exact) mass is 274 g/mol. The summed E-state index contributed by atoms with van der Waals surface area (Å²) >= 11 is 0. The van der Waals surface area contributed by atoms with Crippen LogP contribution in [0.3, 0.4) is 0 Å². The topological polar surface area (TPSA) is 51.1 Å². The minimum absolute atomic E-state index is 0.0543. The Morgan fingerprint density at radius 1 is 1.20 bits per heavy atom. The van der Waals surface area contributed by atoms with Gasteiger partial charge in [-0.2, -0.15) is 0 Å². The van der Waals surface area contributed by atoms with Crippen molar-refractivity contribution in [3.05, 3.63) is 64.3 Å². The molecule has 0 atom stereocenters. The molecule has 2 rings (SSSR count). The van der Waals surface area contributed by atoms with Crippen molar-refractivity contribution in [2.75, 3.05) is 0 Å². The highest BCUT2D eigenvalue weighted by molar-refractivity contribution is 5.94. The lowest BCUT2D eigenvalue weighted by Crippen LogP contribution is -2.35. The average molecular weight is 274 g/mol. The molecule has 20 heavy (non-hydrogen) atoms. The van der Waals surface area contributed by atoms with Crippen LogP contribution in [0.5, 0.6) is 0 Å². The maximum absolute atomic E-state index is 12.9. The summed E-state index contributed by atoms with van der Waals surface area (Å²) in [5.74, 6) is -0.794. The van der Waals surface area contributed by atoms with Crippen LogP contribution in [0, 0.1) is 5.82 Å². The fraction of sp³-hybridized carbons (Fsp3) is 0.200. The molecule has 1 N–H and O–H groups in total. The zero-order valence-electron chi connectivity index (χ0n) is 11.3. The van der Waals surface area contributed by atoms with Gasteiger partial charge in [-0.15, -0.1) is 0 Å². The van der Waals surface area contributed by atoms with Crippen LogP contribution >= 0.6 is 0 Å². The number of nitrogens with one attached hydrogen (secondary N) is 1. The Bertz CT molecular complexity index is 675. The molecule has 1 amide bonds. The highest BCUT2D eigenvalue weighted by Gasteiger charge is 2.13. The second kappa shape index (κ2) is 5.69. The van der Waals surface area contributed by atoms with Crippen molar-refractivity contribution < 1.29 is 9.18 Å². The van der Waals surface area contributed by atoms with E-state index < -0.39 is 11.5 Å². The molecule has 0 spiro atoms. The molecule has 0 radical (unpaired) electrons. The van der Waals surface area contributed by atoms with E-state index >= 15 is 0 Å². The highest BCUT2D eigenvalue weighted by atomic mass is 19.1. The molecule has 1 heterocycles. The molecule has 1 aromatic carbocycles. The summed E-state index contributed by atoms with van der Waals surface area (Å²) in [6.07, 6.45) is 1.54. The lowest BCUT2D eigenvalue weighted by atomic mass is 10.2. The number of hydrogen-bond donors (Lipinski definition) is 1. The highest BCUT2D eigenvalue weighted by Crippen LogP contribution is 2.07. The normalized spacial score (nSPS) is 10.6. The van der Waals surface area contributed by atoms with Crippen LogP contribution in [0.4, 0.5) is 4.39 Å². The van der Waals surface area contributed by atoms with E-state index in [2.05, 4.69) is 5.32 Å². The van der Waals surface area contributed by atoms with Crippen LogP contribution in [-0.2, 0) is 0 Å². The zero-order chi connectivity index (χ0) is 14.7. The van der Waals surface area contributed by atoms with Crippen LogP contribution in [0.2, 0.25) is 0 Å². The van der Waals surface area contributed by atoms with Gasteiger partial charge >= 0.3 is 0 Å². The van der Waals surface area contributed by atoms with Crippen LogP contribution < -0.4 is 10.9 Å². The Balaban J connectivity index is 2.44. The van der Waals surface area contributed by atoms with Crippen LogP contribution in [0.15, 0.2) is 47.4 Å². The van der Waals surface area contributed by atoms with Gasteiger partial charge in [-0.3, -0.25) is 14.2 Å². The molecule has 4 nitrogen and oxygen atoms in total. The molecule has 1 aromatic heterocycles. The van der Waals surface area contributed by atoms with E-state index in [1.165, 1.54) is 34.9 Å². The van der Waals surface area contributed by atoms with E-state index in [1.807, 2.05) is 13.8 Å². The predicted molar refractivity (Wildman–Crippen MR) is 74.6 cm³/mol. The summed E-state index contributed by atoms with van der Waals surface area (Å²) in [4.78, 5) is 24.2. The lowest BCUT2D eigenvalue weighted by Gasteiger charge is -2.10. The second-order valence-corrected chi connectivity index (χ2v) is 4.70. The van der Waals surface area contributed by atoms with E-state index in [1.54, 1.807) is 12.3 Å². The van der Waals surface area contributed by atoms with Gasteiger partial charge in [0.15, 0.2) is 0 Å². The number of rotatable bonds is 3. The zero-order valence-corrected chi connectivity index (χ0v) is 11.3. The van der Waals surface area contributed by atoms with Crippen LogP contribution in [0.1, 0.15) is 24.2 Å².